The lowest BCUT2D eigenvalue weighted by molar-refractivity contribution is -0.118. The van der Waals surface area contributed by atoms with Crippen molar-refractivity contribution in [3.8, 4) is 0 Å². The summed E-state index contributed by atoms with van der Waals surface area (Å²) in [4.78, 5) is 28.6. The zero-order valence-electron chi connectivity index (χ0n) is 16.6. The summed E-state index contributed by atoms with van der Waals surface area (Å²) in [6.45, 7) is 0. The summed E-state index contributed by atoms with van der Waals surface area (Å²) in [5, 5.41) is 3.09. The van der Waals surface area contributed by atoms with E-state index in [2.05, 4.69) is 5.32 Å². The van der Waals surface area contributed by atoms with Crippen LogP contribution in [0.3, 0.4) is 0 Å². The number of nitrogens with zero attached hydrogens (tertiary/aromatic N) is 1. The van der Waals surface area contributed by atoms with E-state index < -0.39 is 0 Å². The second-order valence-corrected chi connectivity index (χ2v) is 8.19. The molecule has 0 radical (unpaired) electrons. The molecule has 5 heteroatoms. The van der Waals surface area contributed by atoms with Crippen LogP contribution in [0.15, 0.2) is 101 Å². The topological polar surface area (TPSA) is 49.4 Å². The van der Waals surface area contributed by atoms with Crippen LogP contribution in [0.5, 0.6) is 0 Å². The summed E-state index contributed by atoms with van der Waals surface area (Å²) in [5.74, 6) is -0.448. The van der Waals surface area contributed by atoms with E-state index in [9.17, 15) is 9.59 Å². The number of thioether (sulfide) groups is 1. The molecule has 0 aliphatic carbocycles. The van der Waals surface area contributed by atoms with Crippen molar-refractivity contribution in [2.45, 2.75) is 17.4 Å². The number of nitrogens with one attached hydrogen (secondary N) is 1. The van der Waals surface area contributed by atoms with E-state index >= 15 is 0 Å². The SMILES string of the molecule is CN1C(=O)C(=CC(=O)NC(Cc2ccccc2)c2ccccc2)Sc2ccccc21. The average molecular weight is 415 g/mol. The van der Waals surface area contributed by atoms with Gasteiger partial charge in [0.25, 0.3) is 5.91 Å². The highest BCUT2D eigenvalue weighted by atomic mass is 32.2. The molecule has 150 valence electrons. The Morgan fingerprint density at radius 1 is 0.967 bits per heavy atom. The van der Waals surface area contributed by atoms with Gasteiger partial charge in [-0.1, -0.05) is 84.6 Å². The summed E-state index contributed by atoms with van der Waals surface area (Å²) >= 11 is 1.33. The molecule has 1 unspecified atom stereocenters. The molecule has 4 rings (SSSR count). The van der Waals surface area contributed by atoms with Gasteiger partial charge in [-0.05, 0) is 29.7 Å². The highest BCUT2D eigenvalue weighted by Gasteiger charge is 2.27. The number of hydrogen-bond donors (Lipinski definition) is 1. The second-order valence-electron chi connectivity index (χ2n) is 7.10. The van der Waals surface area contributed by atoms with E-state index in [1.807, 2.05) is 84.9 Å². The summed E-state index contributed by atoms with van der Waals surface area (Å²) in [5.41, 5.74) is 3.02. The van der Waals surface area contributed by atoms with Crippen molar-refractivity contribution in [1.29, 1.82) is 0 Å². The molecule has 4 nitrogen and oxygen atoms in total. The second kappa shape index (κ2) is 9.01. The third kappa shape index (κ3) is 4.47. The maximum atomic E-state index is 12.9. The molecule has 0 fully saturated rings. The van der Waals surface area contributed by atoms with Crippen LogP contribution in [0.2, 0.25) is 0 Å². The number of rotatable bonds is 5. The van der Waals surface area contributed by atoms with Gasteiger partial charge < -0.3 is 10.2 Å². The molecule has 0 saturated heterocycles. The Kier molecular flexibility index (Phi) is 6.00. The number of fused-ring (bicyclic) bond motifs is 1. The van der Waals surface area contributed by atoms with Gasteiger partial charge in [0.05, 0.1) is 16.6 Å². The Morgan fingerprint density at radius 3 is 2.33 bits per heavy atom. The number of para-hydroxylation sites is 1. The first-order valence-electron chi connectivity index (χ1n) is 9.78. The first-order valence-corrected chi connectivity index (χ1v) is 10.6. The van der Waals surface area contributed by atoms with Gasteiger partial charge in [0.2, 0.25) is 5.91 Å². The highest BCUT2D eigenvalue weighted by molar-refractivity contribution is 8.04. The molecule has 1 N–H and O–H groups in total. The quantitative estimate of drug-likeness (QED) is 0.614. The number of benzene rings is 3. The van der Waals surface area contributed by atoms with Gasteiger partial charge in [0, 0.05) is 18.0 Å². The standard InChI is InChI=1S/C25H22N2O2S/c1-27-21-14-8-9-15-22(21)30-23(25(27)29)17-24(28)26-20(19-12-6-3-7-13-19)16-18-10-4-2-5-11-18/h2-15,17,20H,16H2,1H3,(H,26,28). The number of anilines is 1. The van der Waals surface area contributed by atoms with E-state index in [1.54, 1.807) is 11.9 Å². The minimum absolute atomic E-state index is 0.173. The smallest absolute Gasteiger partial charge is 0.265 e. The number of hydrogen-bond acceptors (Lipinski definition) is 3. The molecule has 2 amide bonds. The van der Waals surface area contributed by atoms with Gasteiger partial charge in [0.15, 0.2) is 0 Å². The fourth-order valence-electron chi connectivity index (χ4n) is 3.47. The summed E-state index contributed by atoms with van der Waals surface area (Å²) in [6.07, 6.45) is 2.09. The van der Waals surface area contributed by atoms with E-state index in [0.29, 0.717) is 11.3 Å². The van der Waals surface area contributed by atoms with Crippen LogP contribution in [0, 0.1) is 0 Å². The van der Waals surface area contributed by atoms with Gasteiger partial charge in [-0.3, -0.25) is 9.59 Å². The third-order valence-corrected chi connectivity index (χ3v) is 6.10. The zero-order valence-corrected chi connectivity index (χ0v) is 17.4. The first-order chi connectivity index (χ1) is 14.6. The van der Waals surface area contributed by atoms with Crippen LogP contribution >= 0.6 is 11.8 Å². The van der Waals surface area contributed by atoms with E-state index in [4.69, 9.17) is 0 Å². The largest absolute Gasteiger partial charge is 0.345 e. The van der Waals surface area contributed by atoms with Gasteiger partial charge in [0.1, 0.15) is 0 Å². The Morgan fingerprint density at radius 2 is 1.60 bits per heavy atom. The lowest BCUT2D eigenvalue weighted by Gasteiger charge is -2.26. The van der Waals surface area contributed by atoms with Crippen molar-refractivity contribution < 1.29 is 9.59 Å². The average Bonchev–Trinajstić information content (AvgIpc) is 2.78. The van der Waals surface area contributed by atoms with E-state index in [0.717, 1.165) is 21.7 Å². The normalized spacial score (nSPS) is 15.6. The van der Waals surface area contributed by atoms with Crippen LogP contribution in [0.25, 0.3) is 0 Å². The maximum Gasteiger partial charge on any atom is 0.265 e. The molecule has 0 aromatic heterocycles. The summed E-state index contributed by atoms with van der Waals surface area (Å²) < 4.78 is 0. The minimum Gasteiger partial charge on any atom is -0.345 e. The predicted molar refractivity (Wildman–Crippen MR) is 121 cm³/mol. The Balaban J connectivity index is 1.56. The lowest BCUT2D eigenvalue weighted by Crippen LogP contribution is -2.32. The van der Waals surface area contributed by atoms with Crippen LogP contribution in [0.4, 0.5) is 5.69 Å². The molecule has 3 aromatic carbocycles. The Labute approximate surface area is 180 Å². The van der Waals surface area contributed by atoms with Gasteiger partial charge in [-0.25, -0.2) is 0 Å². The predicted octanol–water partition coefficient (Wildman–Crippen LogP) is 4.74. The molecular weight excluding hydrogens is 392 g/mol. The Bertz CT molecular complexity index is 1080. The number of carbonyl (C=O) groups is 2. The number of amides is 2. The summed E-state index contributed by atoms with van der Waals surface area (Å²) in [6, 6.07) is 27.5. The third-order valence-electron chi connectivity index (χ3n) is 5.03. The molecule has 1 aliphatic heterocycles. The molecule has 30 heavy (non-hydrogen) atoms. The van der Waals surface area contributed by atoms with E-state index in [1.165, 1.54) is 17.8 Å². The maximum absolute atomic E-state index is 12.9. The summed E-state index contributed by atoms with van der Waals surface area (Å²) in [7, 11) is 1.73. The Hall–Kier alpha value is -3.31. The van der Waals surface area contributed by atoms with Crippen LogP contribution in [-0.4, -0.2) is 18.9 Å². The lowest BCUT2D eigenvalue weighted by atomic mass is 9.99. The molecule has 1 aliphatic rings. The van der Waals surface area contributed by atoms with Crippen molar-refractivity contribution >= 4 is 29.3 Å². The molecule has 3 aromatic rings. The molecule has 1 heterocycles. The van der Waals surface area contributed by atoms with Crippen LogP contribution < -0.4 is 10.2 Å². The van der Waals surface area contributed by atoms with Gasteiger partial charge in [-0.2, -0.15) is 0 Å². The van der Waals surface area contributed by atoms with Crippen LogP contribution in [-0.2, 0) is 16.0 Å². The van der Waals surface area contributed by atoms with E-state index in [-0.39, 0.29) is 17.9 Å². The monoisotopic (exact) mass is 414 g/mol. The molecular formula is C25H22N2O2S. The fourth-order valence-corrected chi connectivity index (χ4v) is 4.55. The van der Waals surface area contributed by atoms with Gasteiger partial charge >= 0.3 is 0 Å². The van der Waals surface area contributed by atoms with Gasteiger partial charge in [-0.15, -0.1) is 0 Å². The number of likely N-dealkylation sites (N-methyl/N-ethyl adjacent to an activating group) is 1. The number of carbonyl (C=O) groups excluding carboxylic acids is 2. The van der Waals surface area contributed by atoms with Crippen molar-refractivity contribution in [1.82, 2.24) is 5.32 Å². The molecule has 1 atom stereocenters. The highest BCUT2D eigenvalue weighted by Crippen LogP contribution is 2.40. The minimum atomic E-state index is -0.275. The van der Waals surface area contributed by atoms with Crippen molar-refractivity contribution in [2.75, 3.05) is 11.9 Å². The zero-order chi connectivity index (χ0) is 20.9. The van der Waals surface area contributed by atoms with Crippen LogP contribution in [0.1, 0.15) is 17.2 Å². The first kappa shape index (κ1) is 20.0. The van der Waals surface area contributed by atoms with Crippen molar-refractivity contribution in [2.24, 2.45) is 0 Å². The molecule has 0 bridgehead atoms. The molecule has 0 saturated carbocycles. The van der Waals surface area contributed by atoms with Crippen molar-refractivity contribution in [3.63, 3.8) is 0 Å². The van der Waals surface area contributed by atoms with Crippen molar-refractivity contribution in [3.05, 3.63) is 107 Å². The molecule has 0 spiro atoms. The fraction of sp³-hybridized carbons (Fsp3) is 0.120.